The van der Waals surface area contributed by atoms with Crippen molar-refractivity contribution in [3.05, 3.63) is 59.1 Å². The Bertz CT molecular complexity index is 928. The van der Waals surface area contributed by atoms with E-state index < -0.39 is 8.07 Å². The highest BCUT2D eigenvalue weighted by molar-refractivity contribution is 6.83. The SMILES string of the molecule is C[Si](C)(C)C#Cc1c(-c2ccc(Cl)cc2)nc2cccc(F)n12. The minimum atomic E-state index is -1.60. The molecule has 0 bridgehead atoms. The van der Waals surface area contributed by atoms with Gasteiger partial charge in [-0.1, -0.05) is 55.4 Å². The van der Waals surface area contributed by atoms with Crippen molar-refractivity contribution >= 4 is 25.3 Å². The fourth-order valence-electron chi connectivity index (χ4n) is 2.22. The second-order valence-electron chi connectivity index (χ2n) is 6.36. The van der Waals surface area contributed by atoms with Crippen LogP contribution in [0.2, 0.25) is 24.7 Å². The van der Waals surface area contributed by atoms with Crippen molar-refractivity contribution in [1.29, 1.82) is 0 Å². The maximum absolute atomic E-state index is 14.3. The number of imidazole rings is 1. The molecule has 23 heavy (non-hydrogen) atoms. The molecule has 2 heterocycles. The third-order valence-electron chi connectivity index (χ3n) is 3.27. The molecule has 5 heteroatoms. The first kappa shape index (κ1) is 15.8. The Hall–Kier alpha value is -2.09. The van der Waals surface area contributed by atoms with Crippen LogP contribution in [0.25, 0.3) is 16.9 Å². The third kappa shape index (κ3) is 3.31. The lowest BCUT2D eigenvalue weighted by molar-refractivity contribution is 0.566. The normalized spacial score (nSPS) is 11.3. The van der Waals surface area contributed by atoms with Crippen molar-refractivity contribution in [1.82, 2.24) is 9.38 Å². The molecule has 0 N–H and O–H groups in total. The number of halogens is 2. The predicted octanol–water partition coefficient (Wildman–Crippen LogP) is 5.02. The van der Waals surface area contributed by atoms with Crippen LogP contribution in [0.5, 0.6) is 0 Å². The highest BCUT2D eigenvalue weighted by atomic mass is 35.5. The number of hydrogen-bond acceptors (Lipinski definition) is 1. The summed E-state index contributed by atoms with van der Waals surface area (Å²) < 4.78 is 15.8. The van der Waals surface area contributed by atoms with E-state index in [1.807, 2.05) is 12.1 Å². The largest absolute Gasteiger partial charge is 0.261 e. The number of nitrogens with zero attached hydrogens (tertiary/aromatic N) is 2. The van der Waals surface area contributed by atoms with E-state index in [1.165, 1.54) is 10.5 Å². The molecule has 3 rings (SSSR count). The van der Waals surface area contributed by atoms with Gasteiger partial charge in [-0.3, -0.25) is 4.40 Å². The number of fused-ring (bicyclic) bond motifs is 1. The molecule has 1 aromatic carbocycles. The van der Waals surface area contributed by atoms with Gasteiger partial charge in [0.1, 0.15) is 25.1 Å². The van der Waals surface area contributed by atoms with Crippen LogP contribution < -0.4 is 0 Å². The Morgan fingerprint density at radius 1 is 1.09 bits per heavy atom. The van der Waals surface area contributed by atoms with Gasteiger partial charge in [-0.2, -0.15) is 4.39 Å². The molecule has 0 aliphatic heterocycles. The Morgan fingerprint density at radius 3 is 2.43 bits per heavy atom. The summed E-state index contributed by atoms with van der Waals surface area (Å²) >= 11 is 5.96. The number of hydrogen-bond donors (Lipinski definition) is 0. The van der Waals surface area contributed by atoms with Crippen molar-refractivity contribution in [3.63, 3.8) is 0 Å². The van der Waals surface area contributed by atoms with Crippen LogP contribution in [-0.2, 0) is 0 Å². The van der Waals surface area contributed by atoms with Crippen molar-refractivity contribution in [2.75, 3.05) is 0 Å². The molecule has 0 amide bonds. The van der Waals surface area contributed by atoms with Gasteiger partial charge in [0.05, 0.1) is 0 Å². The highest BCUT2D eigenvalue weighted by Gasteiger charge is 2.16. The second kappa shape index (κ2) is 5.84. The number of aromatic nitrogens is 2. The molecular formula is C18H16ClFN2Si. The molecular weight excluding hydrogens is 327 g/mol. The molecule has 0 spiro atoms. The molecule has 0 aliphatic carbocycles. The molecule has 0 saturated heterocycles. The predicted molar refractivity (Wildman–Crippen MR) is 95.8 cm³/mol. The maximum Gasteiger partial charge on any atom is 0.200 e. The van der Waals surface area contributed by atoms with Gasteiger partial charge in [-0.15, -0.1) is 5.54 Å². The Labute approximate surface area is 141 Å². The monoisotopic (exact) mass is 342 g/mol. The van der Waals surface area contributed by atoms with Crippen molar-refractivity contribution < 1.29 is 4.39 Å². The first-order chi connectivity index (χ1) is 10.8. The zero-order valence-corrected chi connectivity index (χ0v) is 14.9. The molecule has 0 saturated carbocycles. The van der Waals surface area contributed by atoms with E-state index in [0.29, 0.717) is 22.1 Å². The van der Waals surface area contributed by atoms with E-state index in [0.717, 1.165) is 5.56 Å². The summed E-state index contributed by atoms with van der Waals surface area (Å²) in [6.07, 6.45) is 0. The van der Waals surface area contributed by atoms with Gasteiger partial charge in [0.25, 0.3) is 0 Å². The van der Waals surface area contributed by atoms with Crippen LogP contribution in [0.4, 0.5) is 4.39 Å². The van der Waals surface area contributed by atoms with E-state index >= 15 is 0 Å². The first-order valence-corrected chi connectivity index (χ1v) is 11.2. The summed E-state index contributed by atoms with van der Waals surface area (Å²) in [4.78, 5) is 4.57. The number of pyridine rings is 1. The topological polar surface area (TPSA) is 17.3 Å². The maximum atomic E-state index is 14.3. The van der Waals surface area contributed by atoms with Crippen LogP contribution in [0.15, 0.2) is 42.5 Å². The summed E-state index contributed by atoms with van der Waals surface area (Å²) in [5, 5.41) is 0.651. The minimum Gasteiger partial charge on any atom is -0.261 e. The summed E-state index contributed by atoms with van der Waals surface area (Å²) in [6.45, 7) is 6.46. The molecule has 116 valence electrons. The zero-order valence-electron chi connectivity index (χ0n) is 13.2. The lowest BCUT2D eigenvalue weighted by atomic mass is 10.1. The van der Waals surface area contributed by atoms with Gasteiger partial charge in [-0.05, 0) is 24.3 Å². The fraction of sp³-hybridized carbons (Fsp3) is 0.167. The van der Waals surface area contributed by atoms with Gasteiger partial charge in [0, 0.05) is 10.6 Å². The lowest BCUT2D eigenvalue weighted by Crippen LogP contribution is -2.16. The van der Waals surface area contributed by atoms with E-state index in [-0.39, 0.29) is 5.95 Å². The Morgan fingerprint density at radius 2 is 1.78 bits per heavy atom. The third-order valence-corrected chi connectivity index (χ3v) is 4.40. The number of benzene rings is 1. The summed E-state index contributed by atoms with van der Waals surface area (Å²) in [5.74, 6) is 2.80. The van der Waals surface area contributed by atoms with E-state index in [1.54, 1.807) is 24.3 Å². The number of rotatable bonds is 1. The molecule has 0 fully saturated rings. The average Bonchev–Trinajstić information content (AvgIpc) is 2.85. The first-order valence-electron chi connectivity index (χ1n) is 7.31. The van der Waals surface area contributed by atoms with Crippen molar-refractivity contribution in [2.45, 2.75) is 19.6 Å². The molecule has 0 radical (unpaired) electrons. The van der Waals surface area contributed by atoms with E-state index in [4.69, 9.17) is 11.6 Å². The Kier molecular flexibility index (Phi) is 4.01. The zero-order chi connectivity index (χ0) is 16.6. The fourth-order valence-corrected chi connectivity index (χ4v) is 2.84. The quantitative estimate of drug-likeness (QED) is 0.345. The van der Waals surface area contributed by atoms with Crippen LogP contribution in [0.3, 0.4) is 0 Å². The second-order valence-corrected chi connectivity index (χ2v) is 11.5. The van der Waals surface area contributed by atoms with Gasteiger partial charge in [0.15, 0.2) is 5.95 Å². The minimum absolute atomic E-state index is 0.366. The molecule has 2 aromatic heterocycles. The van der Waals surface area contributed by atoms with Crippen LogP contribution in [0, 0.1) is 17.4 Å². The molecule has 0 atom stereocenters. The van der Waals surface area contributed by atoms with Crippen LogP contribution >= 0.6 is 11.6 Å². The smallest absolute Gasteiger partial charge is 0.200 e. The molecule has 3 aromatic rings. The van der Waals surface area contributed by atoms with Crippen molar-refractivity contribution in [2.24, 2.45) is 0 Å². The van der Waals surface area contributed by atoms with Gasteiger partial charge in [0.2, 0.25) is 0 Å². The van der Waals surface area contributed by atoms with Gasteiger partial charge in [-0.25, -0.2) is 4.98 Å². The summed E-state index contributed by atoms with van der Waals surface area (Å²) in [7, 11) is -1.60. The van der Waals surface area contributed by atoms with Crippen molar-refractivity contribution in [3.8, 4) is 22.7 Å². The Balaban J connectivity index is 2.30. The average molecular weight is 343 g/mol. The summed E-state index contributed by atoms with van der Waals surface area (Å²) in [6, 6.07) is 12.2. The van der Waals surface area contributed by atoms with Crippen LogP contribution in [-0.4, -0.2) is 17.5 Å². The standard InChI is InChI=1S/C18H16ClFN2Si/c1-23(2,3)12-11-15-18(13-7-9-14(19)10-8-13)21-17-6-4-5-16(20)22(15)17/h4-10H,1-3H3. The summed E-state index contributed by atoms with van der Waals surface area (Å²) in [5.41, 5.74) is 5.99. The highest BCUT2D eigenvalue weighted by Crippen LogP contribution is 2.26. The van der Waals surface area contributed by atoms with Crippen LogP contribution in [0.1, 0.15) is 5.69 Å². The lowest BCUT2D eigenvalue weighted by Gasteiger charge is -2.05. The van der Waals surface area contributed by atoms with E-state index in [2.05, 4.69) is 36.1 Å². The van der Waals surface area contributed by atoms with E-state index in [9.17, 15) is 4.39 Å². The molecule has 0 aliphatic rings. The van der Waals surface area contributed by atoms with Gasteiger partial charge < -0.3 is 0 Å². The molecule has 2 nitrogen and oxygen atoms in total. The molecule has 0 unspecified atom stereocenters. The van der Waals surface area contributed by atoms with Gasteiger partial charge >= 0.3 is 0 Å².